The molecule has 0 saturated carbocycles. The molecule has 0 aromatic carbocycles. The molecule has 0 spiro atoms. The second-order valence-corrected chi connectivity index (χ2v) is 4.01. The summed E-state index contributed by atoms with van der Waals surface area (Å²) in [5.74, 6) is 0.794. The van der Waals surface area contributed by atoms with Crippen LogP contribution in [-0.4, -0.2) is 65.9 Å². The molecule has 2 aliphatic heterocycles. The Balaban J connectivity index is 2.03. The largest absolute Gasteiger partial charge is 0.326 e. The fourth-order valence-corrected chi connectivity index (χ4v) is 2.33. The third-order valence-corrected chi connectivity index (χ3v) is 3.22. The van der Waals surface area contributed by atoms with Crippen LogP contribution in [0.2, 0.25) is 0 Å². The second-order valence-electron chi connectivity index (χ2n) is 3.73. The minimum Gasteiger partial charge on any atom is -0.326 e. The lowest BCUT2D eigenvalue weighted by atomic mass is 10.2. The fraction of sp³-hybridized carbons (Fsp3) is 0.875. The van der Waals surface area contributed by atoms with E-state index >= 15 is 0 Å². The Labute approximate surface area is 83.9 Å². The summed E-state index contributed by atoms with van der Waals surface area (Å²) in [7, 11) is 1.87. The van der Waals surface area contributed by atoms with Gasteiger partial charge in [-0.15, -0.1) is 0 Å². The molecular weight excluding hydrogens is 186 g/mol. The summed E-state index contributed by atoms with van der Waals surface area (Å²) in [6.45, 7) is 3.65. The third kappa shape index (κ3) is 1.50. The number of hydrogen-bond acceptors (Lipinski definition) is 3. The van der Waals surface area contributed by atoms with E-state index in [0.717, 1.165) is 32.1 Å². The maximum Gasteiger partial charge on any atom is 0.320 e. The first-order valence-corrected chi connectivity index (χ1v) is 5.20. The average Bonchev–Trinajstić information content (AvgIpc) is 2.42. The average molecular weight is 201 g/mol. The van der Waals surface area contributed by atoms with Gasteiger partial charge in [0.15, 0.2) is 0 Å². The molecule has 74 valence electrons. The van der Waals surface area contributed by atoms with Crippen LogP contribution >= 0.6 is 12.6 Å². The molecule has 1 atom stereocenters. The van der Waals surface area contributed by atoms with Gasteiger partial charge in [0.05, 0.1) is 6.04 Å². The summed E-state index contributed by atoms with van der Waals surface area (Å²) in [6, 6.07) is 0.571. The smallest absolute Gasteiger partial charge is 0.320 e. The lowest BCUT2D eigenvalue weighted by Crippen LogP contribution is -2.51. The van der Waals surface area contributed by atoms with E-state index in [1.165, 1.54) is 0 Å². The standard InChI is InChI=1S/C8H15N3OS/c1-9-4-7-5-10(6-13)2-3-11(7)8(9)12/h7,13H,2-6H2,1H3. The summed E-state index contributed by atoms with van der Waals surface area (Å²) in [5.41, 5.74) is 0. The summed E-state index contributed by atoms with van der Waals surface area (Å²) >= 11 is 4.25. The fourth-order valence-electron chi connectivity index (χ4n) is 2.07. The van der Waals surface area contributed by atoms with Crippen LogP contribution in [0, 0.1) is 0 Å². The first kappa shape index (κ1) is 9.15. The molecule has 2 rings (SSSR count). The highest BCUT2D eigenvalue weighted by molar-refractivity contribution is 7.80. The summed E-state index contributed by atoms with van der Waals surface area (Å²) in [4.78, 5) is 17.6. The first-order valence-electron chi connectivity index (χ1n) is 4.57. The maximum atomic E-state index is 11.5. The van der Waals surface area contributed by atoms with Gasteiger partial charge in [-0.1, -0.05) is 0 Å². The highest BCUT2D eigenvalue weighted by Crippen LogP contribution is 2.18. The zero-order chi connectivity index (χ0) is 9.42. The van der Waals surface area contributed by atoms with Crippen LogP contribution in [0.1, 0.15) is 0 Å². The predicted molar refractivity (Wildman–Crippen MR) is 53.9 cm³/mol. The van der Waals surface area contributed by atoms with E-state index < -0.39 is 0 Å². The Morgan fingerprint density at radius 1 is 1.46 bits per heavy atom. The zero-order valence-corrected chi connectivity index (χ0v) is 8.70. The van der Waals surface area contributed by atoms with E-state index in [9.17, 15) is 4.79 Å². The van der Waals surface area contributed by atoms with Crippen LogP contribution < -0.4 is 0 Å². The Morgan fingerprint density at radius 3 is 2.92 bits per heavy atom. The number of carbonyl (C=O) groups excluding carboxylic acids is 1. The van der Waals surface area contributed by atoms with Crippen molar-refractivity contribution >= 4 is 18.7 Å². The monoisotopic (exact) mass is 201 g/mol. The van der Waals surface area contributed by atoms with Crippen molar-refractivity contribution in [3.63, 3.8) is 0 Å². The number of piperazine rings is 1. The van der Waals surface area contributed by atoms with Gasteiger partial charge >= 0.3 is 6.03 Å². The van der Waals surface area contributed by atoms with Crippen molar-refractivity contribution in [2.24, 2.45) is 0 Å². The molecule has 2 aliphatic rings. The highest BCUT2D eigenvalue weighted by atomic mass is 32.1. The molecule has 0 aromatic rings. The maximum absolute atomic E-state index is 11.5. The topological polar surface area (TPSA) is 26.8 Å². The molecule has 5 heteroatoms. The number of urea groups is 1. The lowest BCUT2D eigenvalue weighted by Gasteiger charge is -2.35. The summed E-state index contributed by atoms with van der Waals surface area (Å²) in [5, 5.41) is 0. The number of fused-ring (bicyclic) bond motifs is 1. The van der Waals surface area contributed by atoms with Crippen molar-refractivity contribution < 1.29 is 4.79 Å². The summed E-state index contributed by atoms with van der Waals surface area (Å²) < 4.78 is 0. The number of rotatable bonds is 1. The lowest BCUT2D eigenvalue weighted by molar-refractivity contribution is 0.135. The van der Waals surface area contributed by atoms with Crippen molar-refractivity contribution in [3.05, 3.63) is 0 Å². The van der Waals surface area contributed by atoms with E-state index in [0.29, 0.717) is 6.04 Å². The van der Waals surface area contributed by atoms with Gasteiger partial charge in [-0.3, -0.25) is 4.90 Å². The minimum absolute atomic E-state index is 0.184. The molecule has 2 heterocycles. The Kier molecular flexibility index (Phi) is 2.38. The van der Waals surface area contributed by atoms with Crippen molar-refractivity contribution in [1.29, 1.82) is 0 Å². The van der Waals surface area contributed by atoms with E-state index in [4.69, 9.17) is 0 Å². The van der Waals surface area contributed by atoms with Crippen LogP contribution in [0.15, 0.2) is 0 Å². The van der Waals surface area contributed by atoms with E-state index in [-0.39, 0.29) is 6.03 Å². The molecule has 4 nitrogen and oxygen atoms in total. The molecule has 1 unspecified atom stereocenters. The van der Waals surface area contributed by atoms with Gasteiger partial charge in [0.1, 0.15) is 0 Å². The number of nitrogens with zero attached hydrogens (tertiary/aromatic N) is 3. The van der Waals surface area contributed by atoms with Gasteiger partial charge in [0.2, 0.25) is 0 Å². The number of thiol groups is 1. The quantitative estimate of drug-likeness (QED) is 0.601. The SMILES string of the molecule is CN1CC2CN(CS)CCN2C1=O. The molecule has 0 aliphatic carbocycles. The van der Waals surface area contributed by atoms with Crippen molar-refractivity contribution in [3.8, 4) is 0 Å². The first-order chi connectivity index (χ1) is 6.22. The summed E-state index contributed by atoms with van der Waals surface area (Å²) in [6.07, 6.45) is 0. The van der Waals surface area contributed by atoms with Gasteiger partial charge in [-0.05, 0) is 0 Å². The molecule has 2 fully saturated rings. The number of hydrogen-bond donors (Lipinski definition) is 1. The predicted octanol–water partition coefficient (Wildman–Crippen LogP) is -0.0747. The second kappa shape index (κ2) is 3.38. The third-order valence-electron chi connectivity index (χ3n) is 2.82. The minimum atomic E-state index is 0.184. The van der Waals surface area contributed by atoms with Gasteiger partial charge in [-0.25, -0.2) is 4.79 Å². The Hall–Kier alpha value is -0.420. The van der Waals surface area contributed by atoms with E-state index in [1.807, 2.05) is 11.9 Å². The van der Waals surface area contributed by atoms with Crippen molar-refractivity contribution in [2.75, 3.05) is 39.1 Å². The van der Waals surface area contributed by atoms with Crippen molar-refractivity contribution in [2.45, 2.75) is 6.04 Å². The molecule has 2 saturated heterocycles. The van der Waals surface area contributed by atoms with E-state index in [2.05, 4.69) is 17.5 Å². The molecule has 0 N–H and O–H groups in total. The molecule has 2 amide bonds. The molecule has 0 bridgehead atoms. The Morgan fingerprint density at radius 2 is 2.23 bits per heavy atom. The number of likely N-dealkylation sites (N-methyl/N-ethyl adjacent to an activating group) is 1. The van der Waals surface area contributed by atoms with Crippen molar-refractivity contribution in [1.82, 2.24) is 14.7 Å². The van der Waals surface area contributed by atoms with Crippen LogP contribution in [0.4, 0.5) is 4.79 Å². The molecule has 13 heavy (non-hydrogen) atoms. The molecular formula is C8H15N3OS. The van der Waals surface area contributed by atoms with Crippen LogP contribution in [0.5, 0.6) is 0 Å². The zero-order valence-electron chi connectivity index (χ0n) is 7.81. The highest BCUT2D eigenvalue weighted by Gasteiger charge is 2.38. The van der Waals surface area contributed by atoms with Crippen LogP contribution in [-0.2, 0) is 0 Å². The van der Waals surface area contributed by atoms with Crippen LogP contribution in [0.3, 0.4) is 0 Å². The normalized spacial score (nSPS) is 29.7. The van der Waals surface area contributed by atoms with Gasteiger partial charge in [0, 0.05) is 39.1 Å². The van der Waals surface area contributed by atoms with Crippen LogP contribution in [0.25, 0.3) is 0 Å². The van der Waals surface area contributed by atoms with E-state index in [1.54, 1.807) is 4.90 Å². The van der Waals surface area contributed by atoms with Gasteiger partial charge < -0.3 is 9.80 Å². The molecule has 0 aromatic heterocycles. The number of amides is 2. The number of carbonyl (C=O) groups is 1. The van der Waals surface area contributed by atoms with Gasteiger partial charge in [-0.2, -0.15) is 12.6 Å². The van der Waals surface area contributed by atoms with Gasteiger partial charge in [0.25, 0.3) is 0 Å². The molecule has 0 radical (unpaired) electrons. The Bertz CT molecular complexity index is 223.